The van der Waals surface area contributed by atoms with Gasteiger partial charge in [-0.15, -0.1) is 0 Å². The van der Waals surface area contributed by atoms with Gasteiger partial charge >= 0.3 is 5.97 Å². The number of carbonyl (C=O) groups is 1. The van der Waals surface area contributed by atoms with Crippen molar-refractivity contribution in [2.45, 2.75) is 18.2 Å². The summed E-state index contributed by atoms with van der Waals surface area (Å²) in [6, 6.07) is 12.1. The minimum Gasteiger partial charge on any atom is -0.462 e. The summed E-state index contributed by atoms with van der Waals surface area (Å²) in [5.41, 5.74) is 1.08. The number of ether oxygens (including phenoxy) is 1. The standard InChI is InChI=1S/C20H23FN2O4S/c1-2-14-27-20(24)16-4-3-5-19(15-16)28(25,26)23-12-10-22(11-13-23)18-8-6-17(21)7-9-18/h3-9,15H,2,10-14H2,1H3. The first-order valence-corrected chi connectivity index (χ1v) is 10.6. The molecule has 1 heterocycles. The molecule has 1 aliphatic rings. The van der Waals surface area contributed by atoms with Crippen LogP contribution < -0.4 is 4.90 Å². The van der Waals surface area contributed by atoms with Gasteiger partial charge in [0.1, 0.15) is 5.82 Å². The van der Waals surface area contributed by atoms with Crippen LogP contribution in [0.3, 0.4) is 0 Å². The molecule has 0 aliphatic carbocycles. The molecule has 8 heteroatoms. The van der Waals surface area contributed by atoms with Crippen molar-refractivity contribution in [2.75, 3.05) is 37.7 Å². The van der Waals surface area contributed by atoms with Gasteiger partial charge in [-0.1, -0.05) is 13.0 Å². The topological polar surface area (TPSA) is 66.9 Å². The predicted octanol–water partition coefficient (Wildman–Crippen LogP) is 2.90. The SMILES string of the molecule is CCCOC(=O)c1cccc(S(=O)(=O)N2CCN(c3ccc(F)cc3)CC2)c1. The highest BCUT2D eigenvalue weighted by Crippen LogP contribution is 2.22. The summed E-state index contributed by atoms with van der Waals surface area (Å²) in [4.78, 5) is 14.1. The molecular weight excluding hydrogens is 383 g/mol. The van der Waals surface area contributed by atoms with Crippen LogP contribution >= 0.6 is 0 Å². The van der Waals surface area contributed by atoms with Crippen molar-refractivity contribution in [3.8, 4) is 0 Å². The molecule has 1 aliphatic heterocycles. The number of piperazine rings is 1. The molecule has 1 fully saturated rings. The van der Waals surface area contributed by atoms with Crippen LogP contribution in [-0.2, 0) is 14.8 Å². The zero-order valence-electron chi connectivity index (χ0n) is 15.7. The number of rotatable bonds is 6. The Kier molecular flexibility index (Phi) is 6.31. The minimum absolute atomic E-state index is 0.0775. The van der Waals surface area contributed by atoms with Crippen molar-refractivity contribution in [1.82, 2.24) is 4.31 Å². The van der Waals surface area contributed by atoms with Crippen LogP contribution in [0.2, 0.25) is 0 Å². The summed E-state index contributed by atoms with van der Waals surface area (Å²) in [6.07, 6.45) is 0.696. The highest BCUT2D eigenvalue weighted by atomic mass is 32.2. The molecular formula is C20H23FN2O4S. The zero-order chi connectivity index (χ0) is 20.1. The van der Waals surface area contributed by atoms with E-state index in [4.69, 9.17) is 4.74 Å². The Balaban J connectivity index is 1.70. The molecule has 6 nitrogen and oxygen atoms in total. The molecule has 28 heavy (non-hydrogen) atoms. The third-order valence-corrected chi connectivity index (χ3v) is 6.47. The van der Waals surface area contributed by atoms with E-state index in [1.165, 1.54) is 28.6 Å². The van der Waals surface area contributed by atoms with Crippen molar-refractivity contribution >= 4 is 21.7 Å². The van der Waals surface area contributed by atoms with Gasteiger partial charge in [-0.05, 0) is 48.9 Å². The van der Waals surface area contributed by atoms with Gasteiger partial charge < -0.3 is 9.64 Å². The maximum atomic E-state index is 13.1. The summed E-state index contributed by atoms with van der Waals surface area (Å²) < 4.78 is 45.5. The molecule has 2 aromatic rings. The first-order chi connectivity index (χ1) is 13.4. The van der Waals surface area contributed by atoms with Gasteiger partial charge in [0.15, 0.2) is 0 Å². The van der Waals surface area contributed by atoms with E-state index in [1.54, 1.807) is 24.3 Å². The number of esters is 1. The number of sulfonamides is 1. The molecule has 1 saturated heterocycles. The van der Waals surface area contributed by atoms with E-state index in [0.717, 1.165) is 5.69 Å². The molecule has 0 atom stereocenters. The molecule has 0 radical (unpaired) electrons. The molecule has 0 N–H and O–H groups in total. The maximum Gasteiger partial charge on any atom is 0.338 e. The van der Waals surface area contributed by atoms with Gasteiger partial charge in [-0.25, -0.2) is 17.6 Å². The number of halogens is 1. The van der Waals surface area contributed by atoms with Crippen molar-refractivity contribution in [3.05, 3.63) is 59.9 Å². The van der Waals surface area contributed by atoms with E-state index in [9.17, 15) is 17.6 Å². The van der Waals surface area contributed by atoms with Crippen LogP contribution in [0, 0.1) is 5.82 Å². The second kappa shape index (κ2) is 8.70. The molecule has 0 saturated carbocycles. The summed E-state index contributed by atoms with van der Waals surface area (Å²) in [5.74, 6) is -0.831. The second-order valence-electron chi connectivity index (χ2n) is 6.53. The number of hydrogen-bond acceptors (Lipinski definition) is 5. The number of nitrogens with zero attached hydrogens (tertiary/aromatic N) is 2. The van der Waals surface area contributed by atoms with E-state index in [2.05, 4.69) is 0 Å². The third kappa shape index (κ3) is 4.51. The average molecular weight is 406 g/mol. The number of anilines is 1. The van der Waals surface area contributed by atoms with Gasteiger partial charge in [0.2, 0.25) is 10.0 Å². The van der Waals surface area contributed by atoms with Crippen LogP contribution in [0.4, 0.5) is 10.1 Å². The molecule has 0 aromatic heterocycles. The van der Waals surface area contributed by atoms with Gasteiger partial charge in [-0.2, -0.15) is 4.31 Å². The molecule has 0 bridgehead atoms. The Morgan fingerprint density at radius 3 is 2.39 bits per heavy atom. The summed E-state index contributed by atoms with van der Waals surface area (Å²) in [5, 5.41) is 0. The lowest BCUT2D eigenvalue weighted by Crippen LogP contribution is -2.48. The number of benzene rings is 2. The van der Waals surface area contributed by atoms with E-state index in [0.29, 0.717) is 39.2 Å². The summed E-state index contributed by atoms with van der Waals surface area (Å²) >= 11 is 0. The Bertz CT molecular complexity index is 923. The first kappa shape index (κ1) is 20.3. The van der Waals surface area contributed by atoms with Gasteiger partial charge in [-0.3, -0.25) is 0 Å². The second-order valence-corrected chi connectivity index (χ2v) is 8.47. The highest BCUT2D eigenvalue weighted by Gasteiger charge is 2.29. The molecule has 2 aromatic carbocycles. The van der Waals surface area contributed by atoms with E-state index < -0.39 is 16.0 Å². The number of hydrogen-bond donors (Lipinski definition) is 0. The Hall–Kier alpha value is -2.45. The smallest absolute Gasteiger partial charge is 0.338 e. The van der Waals surface area contributed by atoms with Crippen molar-refractivity contribution < 1.29 is 22.3 Å². The van der Waals surface area contributed by atoms with E-state index in [-0.39, 0.29) is 16.3 Å². The highest BCUT2D eigenvalue weighted by molar-refractivity contribution is 7.89. The Labute approximate surface area is 164 Å². The van der Waals surface area contributed by atoms with Crippen LogP contribution in [0.25, 0.3) is 0 Å². The average Bonchev–Trinajstić information content (AvgIpc) is 2.72. The van der Waals surface area contributed by atoms with Crippen LogP contribution in [-0.4, -0.2) is 51.5 Å². The Morgan fingerprint density at radius 2 is 1.75 bits per heavy atom. The lowest BCUT2D eigenvalue weighted by Gasteiger charge is -2.35. The van der Waals surface area contributed by atoms with Crippen LogP contribution in [0.1, 0.15) is 23.7 Å². The fourth-order valence-corrected chi connectivity index (χ4v) is 4.52. The predicted molar refractivity (Wildman–Crippen MR) is 104 cm³/mol. The molecule has 0 unspecified atom stereocenters. The fourth-order valence-electron chi connectivity index (χ4n) is 3.05. The Morgan fingerprint density at radius 1 is 1.07 bits per heavy atom. The number of carbonyl (C=O) groups excluding carboxylic acids is 1. The van der Waals surface area contributed by atoms with Gasteiger partial charge in [0.25, 0.3) is 0 Å². The molecule has 150 valence electrons. The third-order valence-electron chi connectivity index (χ3n) is 4.58. The van der Waals surface area contributed by atoms with Crippen molar-refractivity contribution in [1.29, 1.82) is 0 Å². The first-order valence-electron chi connectivity index (χ1n) is 9.19. The molecule has 0 spiro atoms. The summed E-state index contributed by atoms with van der Waals surface area (Å²) in [6.45, 7) is 3.81. The monoisotopic (exact) mass is 406 g/mol. The van der Waals surface area contributed by atoms with E-state index >= 15 is 0 Å². The van der Waals surface area contributed by atoms with E-state index in [1.807, 2.05) is 11.8 Å². The molecule has 0 amide bonds. The summed E-state index contributed by atoms with van der Waals surface area (Å²) in [7, 11) is -3.71. The minimum atomic E-state index is -3.71. The van der Waals surface area contributed by atoms with Crippen LogP contribution in [0.5, 0.6) is 0 Å². The zero-order valence-corrected chi connectivity index (χ0v) is 16.5. The molecule has 3 rings (SSSR count). The van der Waals surface area contributed by atoms with Gasteiger partial charge in [0.05, 0.1) is 17.1 Å². The normalized spacial score (nSPS) is 15.4. The van der Waals surface area contributed by atoms with Crippen molar-refractivity contribution in [3.63, 3.8) is 0 Å². The van der Waals surface area contributed by atoms with Gasteiger partial charge in [0, 0.05) is 31.9 Å². The maximum absolute atomic E-state index is 13.1. The lowest BCUT2D eigenvalue weighted by molar-refractivity contribution is 0.0505. The quantitative estimate of drug-likeness (QED) is 0.690. The fraction of sp³-hybridized carbons (Fsp3) is 0.350. The largest absolute Gasteiger partial charge is 0.462 e. The lowest BCUT2D eigenvalue weighted by atomic mass is 10.2. The van der Waals surface area contributed by atoms with Crippen molar-refractivity contribution in [2.24, 2.45) is 0 Å². The van der Waals surface area contributed by atoms with Crippen LogP contribution in [0.15, 0.2) is 53.4 Å².